The average Bonchev–Trinajstić information content (AvgIpc) is 2.90. The Morgan fingerprint density at radius 3 is 2.38 bits per heavy atom. The first-order chi connectivity index (χ1) is 18.7. The molecule has 1 aliphatic heterocycles. The zero-order valence-electron chi connectivity index (χ0n) is 22.1. The molecule has 1 N–H and O–H groups in total. The maximum Gasteiger partial charge on any atom is 0.303 e. The molecule has 0 aliphatic carbocycles. The lowest BCUT2D eigenvalue weighted by Gasteiger charge is -2.41. The van der Waals surface area contributed by atoms with Gasteiger partial charge in [-0.2, -0.15) is 0 Å². The Hall–Kier alpha value is -3.20. The van der Waals surface area contributed by atoms with E-state index in [-0.39, 0.29) is 23.8 Å². The fraction of sp³-hybridized carbons (Fsp3) is 0.467. The standard InChI is InChI=1S/C30H34F4N2O3/c1-39-22-6-7-28-25(16-22)23(20(18-31)19-35-28)4-2-8-30(17-29(37)38)9-12-36(13-10-30)11-3-5-24-26(33)14-21(32)15-27(24)34/h6-7,14-16,19H,2-5,8-13,17-18H2,1H3,(H,37,38). The molecule has 2 heterocycles. The fourth-order valence-corrected chi connectivity index (χ4v) is 5.82. The molecule has 2 aromatic carbocycles. The number of pyridine rings is 1. The van der Waals surface area contributed by atoms with Crippen LogP contribution < -0.4 is 4.74 Å². The summed E-state index contributed by atoms with van der Waals surface area (Å²) in [6, 6.07) is 6.92. The van der Waals surface area contributed by atoms with E-state index in [4.69, 9.17) is 4.74 Å². The molecule has 39 heavy (non-hydrogen) atoms. The molecule has 0 bridgehead atoms. The number of halogens is 4. The van der Waals surface area contributed by atoms with Crippen molar-refractivity contribution < 1.29 is 32.2 Å². The van der Waals surface area contributed by atoms with Crippen LogP contribution in [0.4, 0.5) is 17.6 Å². The molecule has 0 radical (unpaired) electrons. The molecule has 0 atom stereocenters. The van der Waals surface area contributed by atoms with E-state index < -0.39 is 30.1 Å². The second-order valence-corrected chi connectivity index (χ2v) is 10.5. The quantitative estimate of drug-likeness (QED) is 0.258. The van der Waals surface area contributed by atoms with Gasteiger partial charge in [-0.05, 0) is 93.8 Å². The molecule has 210 valence electrons. The zero-order valence-corrected chi connectivity index (χ0v) is 22.1. The van der Waals surface area contributed by atoms with E-state index in [1.165, 1.54) is 0 Å². The first-order valence-electron chi connectivity index (χ1n) is 13.3. The molecule has 5 nitrogen and oxygen atoms in total. The Morgan fingerprint density at radius 2 is 1.74 bits per heavy atom. The highest BCUT2D eigenvalue weighted by atomic mass is 19.1. The van der Waals surface area contributed by atoms with Crippen molar-refractivity contribution in [2.75, 3.05) is 26.7 Å². The number of piperidine rings is 1. The van der Waals surface area contributed by atoms with Crippen LogP contribution in [0.15, 0.2) is 36.5 Å². The van der Waals surface area contributed by atoms with E-state index in [0.29, 0.717) is 81.6 Å². The molecule has 0 spiro atoms. The van der Waals surface area contributed by atoms with Crippen molar-refractivity contribution in [2.24, 2.45) is 5.41 Å². The number of methoxy groups -OCH3 is 1. The number of ether oxygens (including phenoxy) is 1. The number of aryl methyl sites for hydroxylation is 1. The van der Waals surface area contributed by atoms with Gasteiger partial charge in [0.15, 0.2) is 0 Å². The van der Waals surface area contributed by atoms with Gasteiger partial charge in [0.25, 0.3) is 0 Å². The summed E-state index contributed by atoms with van der Waals surface area (Å²) in [5.74, 6) is -2.85. The van der Waals surface area contributed by atoms with Gasteiger partial charge in [0, 0.05) is 34.8 Å². The Labute approximate surface area is 225 Å². The Morgan fingerprint density at radius 1 is 1.05 bits per heavy atom. The van der Waals surface area contributed by atoms with Gasteiger partial charge >= 0.3 is 5.97 Å². The Bertz CT molecular complexity index is 1280. The predicted octanol–water partition coefficient (Wildman–Crippen LogP) is 6.64. The highest BCUT2D eigenvalue weighted by Gasteiger charge is 2.36. The maximum atomic E-state index is 13.9. The first-order valence-corrected chi connectivity index (χ1v) is 13.3. The summed E-state index contributed by atoms with van der Waals surface area (Å²) in [5, 5.41) is 10.5. The molecule has 1 aliphatic rings. The number of likely N-dealkylation sites (tertiary alicyclic amines) is 1. The van der Waals surface area contributed by atoms with Crippen molar-refractivity contribution in [2.45, 2.75) is 58.0 Å². The predicted molar refractivity (Wildman–Crippen MR) is 141 cm³/mol. The van der Waals surface area contributed by atoms with E-state index in [2.05, 4.69) is 9.88 Å². The minimum Gasteiger partial charge on any atom is -0.497 e. The summed E-state index contributed by atoms with van der Waals surface area (Å²) in [7, 11) is 1.58. The van der Waals surface area contributed by atoms with Gasteiger partial charge < -0.3 is 14.7 Å². The van der Waals surface area contributed by atoms with Crippen molar-refractivity contribution in [3.05, 3.63) is 70.7 Å². The minimum atomic E-state index is -0.933. The number of fused-ring (bicyclic) bond motifs is 1. The summed E-state index contributed by atoms with van der Waals surface area (Å²) in [6.07, 6.45) is 5.70. The summed E-state index contributed by atoms with van der Waals surface area (Å²) >= 11 is 0. The number of hydrogen-bond donors (Lipinski definition) is 1. The van der Waals surface area contributed by atoms with E-state index in [1.807, 2.05) is 18.2 Å². The Balaban J connectivity index is 1.37. The molecule has 0 amide bonds. The van der Waals surface area contributed by atoms with Crippen LogP contribution in [0, 0.1) is 22.9 Å². The van der Waals surface area contributed by atoms with Crippen LogP contribution in [0.3, 0.4) is 0 Å². The SMILES string of the molecule is COc1ccc2ncc(CF)c(CCCC3(CC(=O)O)CCN(CCCc4c(F)cc(F)cc4F)CC3)c2c1. The van der Waals surface area contributed by atoms with Gasteiger partial charge in [0.05, 0.1) is 19.0 Å². The van der Waals surface area contributed by atoms with Gasteiger partial charge in [0.2, 0.25) is 0 Å². The van der Waals surface area contributed by atoms with Crippen LogP contribution in [-0.4, -0.2) is 47.7 Å². The van der Waals surface area contributed by atoms with Crippen LogP contribution in [0.2, 0.25) is 0 Å². The monoisotopic (exact) mass is 546 g/mol. The van der Waals surface area contributed by atoms with E-state index in [0.717, 1.165) is 16.5 Å². The molecule has 9 heteroatoms. The van der Waals surface area contributed by atoms with Gasteiger partial charge in [-0.1, -0.05) is 0 Å². The van der Waals surface area contributed by atoms with Crippen molar-refractivity contribution in [3.8, 4) is 5.75 Å². The van der Waals surface area contributed by atoms with Crippen molar-refractivity contribution in [1.82, 2.24) is 9.88 Å². The number of benzene rings is 2. The lowest BCUT2D eigenvalue weighted by atomic mass is 9.71. The minimum absolute atomic E-state index is 0.0632. The van der Waals surface area contributed by atoms with Crippen LogP contribution in [0.1, 0.15) is 55.2 Å². The van der Waals surface area contributed by atoms with Gasteiger partial charge in [-0.3, -0.25) is 9.78 Å². The topological polar surface area (TPSA) is 62.7 Å². The normalized spacial score (nSPS) is 15.5. The van der Waals surface area contributed by atoms with Crippen molar-refractivity contribution in [3.63, 3.8) is 0 Å². The first kappa shape index (κ1) is 28.8. The summed E-state index contributed by atoms with van der Waals surface area (Å²) in [6.45, 7) is 1.36. The number of aromatic nitrogens is 1. The molecule has 4 rings (SSSR count). The number of aliphatic carboxylic acids is 1. The number of nitrogens with zero attached hydrogens (tertiary/aromatic N) is 2. The number of carboxylic acids is 1. The molecular weight excluding hydrogens is 512 g/mol. The van der Waals surface area contributed by atoms with Crippen molar-refractivity contribution in [1.29, 1.82) is 0 Å². The number of hydrogen-bond acceptors (Lipinski definition) is 4. The summed E-state index contributed by atoms with van der Waals surface area (Å²) in [4.78, 5) is 18.3. The number of alkyl halides is 1. The highest BCUT2D eigenvalue weighted by molar-refractivity contribution is 5.84. The van der Waals surface area contributed by atoms with Gasteiger partial charge in [-0.25, -0.2) is 17.6 Å². The summed E-state index contributed by atoms with van der Waals surface area (Å²) < 4.78 is 60.2. The largest absolute Gasteiger partial charge is 0.497 e. The molecule has 0 saturated carbocycles. The van der Waals surface area contributed by atoms with Crippen LogP contribution in [0.25, 0.3) is 10.9 Å². The number of carboxylic acid groups (broad SMARTS) is 1. The second kappa shape index (κ2) is 12.8. The van der Waals surface area contributed by atoms with Gasteiger partial charge in [0.1, 0.15) is 29.9 Å². The maximum absolute atomic E-state index is 13.9. The molecule has 3 aromatic rings. The van der Waals surface area contributed by atoms with Crippen LogP contribution in [0.5, 0.6) is 5.75 Å². The zero-order chi connectivity index (χ0) is 28.0. The van der Waals surface area contributed by atoms with Crippen molar-refractivity contribution >= 4 is 16.9 Å². The molecule has 1 fully saturated rings. The third-order valence-electron chi connectivity index (χ3n) is 8.00. The molecule has 0 unspecified atom stereocenters. The third kappa shape index (κ3) is 7.06. The smallest absolute Gasteiger partial charge is 0.303 e. The third-order valence-corrected chi connectivity index (χ3v) is 8.00. The highest BCUT2D eigenvalue weighted by Crippen LogP contribution is 2.40. The van der Waals surface area contributed by atoms with Gasteiger partial charge in [-0.15, -0.1) is 0 Å². The lowest BCUT2D eigenvalue weighted by Crippen LogP contribution is -2.41. The molecule has 1 aromatic heterocycles. The second-order valence-electron chi connectivity index (χ2n) is 10.5. The number of carbonyl (C=O) groups is 1. The fourth-order valence-electron chi connectivity index (χ4n) is 5.82. The molecular formula is C30H34F4N2O3. The average molecular weight is 547 g/mol. The van der Waals surface area contributed by atoms with Crippen LogP contribution in [-0.2, 0) is 24.3 Å². The Kier molecular flexibility index (Phi) is 9.43. The van der Waals surface area contributed by atoms with E-state index >= 15 is 0 Å². The summed E-state index contributed by atoms with van der Waals surface area (Å²) in [5.41, 5.74) is 1.70. The van der Waals surface area contributed by atoms with E-state index in [9.17, 15) is 27.5 Å². The van der Waals surface area contributed by atoms with E-state index in [1.54, 1.807) is 13.3 Å². The lowest BCUT2D eigenvalue weighted by molar-refractivity contribution is -0.140. The molecule has 1 saturated heterocycles. The van der Waals surface area contributed by atoms with Crippen LogP contribution >= 0.6 is 0 Å². The number of rotatable bonds is 12.